The highest BCUT2D eigenvalue weighted by Crippen LogP contribution is 2.30. The van der Waals surface area contributed by atoms with E-state index in [1.165, 1.54) is 0 Å². The number of hydrogen-bond acceptors (Lipinski definition) is 3. The molecule has 4 N–H and O–H groups in total. The van der Waals surface area contributed by atoms with Crippen LogP contribution in [-0.4, -0.2) is 13.4 Å². The van der Waals surface area contributed by atoms with Crippen molar-refractivity contribution in [1.82, 2.24) is 9.82 Å². The molecule has 2 aromatic carbocycles. The second-order valence-corrected chi connectivity index (χ2v) is 6.58. The van der Waals surface area contributed by atoms with Crippen molar-refractivity contribution in [1.29, 1.82) is 0 Å². The molecule has 0 saturated carbocycles. The van der Waals surface area contributed by atoms with Crippen LogP contribution in [0, 0.1) is 6.92 Å². The molecule has 0 saturated heterocycles. The molecule has 0 aliphatic heterocycles. The first-order chi connectivity index (χ1) is 10.0. The van der Waals surface area contributed by atoms with Gasteiger partial charge in [-0.05, 0) is 36.1 Å². The SMILES string of the molecule is Cc1ccc(S(=O)(=O)NN)c(-c2ccc3cc[nH]c3c2)c1. The molecule has 0 aliphatic carbocycles. The van der Waals surface area contributed by atoms with Gasteiger partial charge in [0.05, 0.1) is 4.90 Å². The lowest BCUT2D eigenvalue weighted by Gasteiger charge is -2.11. The van der Waals surface area contributed by atoms with Crippen LogP contribution in [0.15, 0.2) is 53.6 Å². The number of aromatic amines is 1. The second-order valence-electron chi connectivity index (χ2n) is 4.90. The van der Waals surface area contributed by atoms with E-state index in [2.05, 4.69) is 4.98 Å². The number of sulfonamides is 1. The molecule has 0 amide bonds. The summed E-state index contributed by atoms with van der Waals surface area (Å²) in [6, 6.07) is 12.9. The Hall–Kier alpha value is -2.15. The van der Waals surface area contributed by atoms with E-state index in [9.17, 15) is 8.42 Å². The van der Waals surface area contributed by atoms with Crippen LogP contribution in [0.3, 0.4) is 0 Å². The highest BCUT2D eigenvalue weighted by Gasteiger charge is 2.18. The minimum atomic E-state index is -3.72. The van der Waals surface area contributed by atoms with Crippen molar-refractivity contribution in [2.45, 2.75) is 11.8 Å². The van der Waals surface area contributed by atoms with Gasteiger partial charge in [0.25, 0.3) is 10.0 Å². The molecular weight excluding hydrogens is 286 g/mol. The molecule has 21 heavy (non-hydrogen) atoms. The highest BCUT2D eigenvalue weighted by atomic mass is 32.2. The average molecular weight is 301 g/mol. The minimum absolute atomic E-state index is 0.168. The number of H-pyrrole nitrogens is 1. The number of rotatable bonds is 3. The fourth-order valence-electron chi connectivity index (χ4n) is 2.38. The van der Waals surface area contributed by atoms with E-state index in [-0.39, 0.29) is 4.90 Å². The molecule has 0 bridgehead atoms. The summed E-state index contributed by atoms with van der Waals surface area (Å²) in [6.07, 6.45) is 1.85. The molecule has 3 aromatic rings. The third kappa shape index (κ3) is 2.44. The summed E-state index contributed by atoms with van der Waals surface area (Å²) in [4.78, 5) is 5.18. The van der Waals surface area contributed by atoms with Crippen LogP contribution < -0.4 is 10.7 Å². The highest BCUT2D eigenvalue weighted by molar-refractivity contribution is 7.89. The first-order valence-electron chi connectivity index (χ1n) is 6.42. The molecule has 1 aromatic heterocycles. The Morgan fingerprint density at radius 2 is 1.90 bits per heavy atom. The zero-order valence-corrected chi connectivity index (χ0v) is 12.2. The molecule has 3 rings (SSSR count). The number of aromatic nitrogens is 1. The predicted octanol–water partition coefficient (Wildman–Crippen LogP) is 2.30. The lowest BCUT2D eigenvalue weighted by Crippen LogP contribution is -2.30. The molecule has 0 radical (unpaired) electrons. The number of benzene rings is 2. The molecule has 0 aliphatic rings. The lowest BCUT2D eigenvalue weighted by atomic mass is 10.0. The van der Waals surface area contributed by atoms with Crippen LogP contribution in [0.5, 0.6) is 0 Å². The Morgan fingerprint density at radius 1 is 1.10 bits per heavy atom. The van der Waals surface area contributed by atoms with Crippen molar-refractivity contribution < 1.29 is 8.42 Å². The van der Waals surface area contributed by atoms with E-state index < -0.39 is 10.0 Å². The van der Waals surface area contributed by atoms with Crippen LogP contribution in [0.25, 0.3) is 22.0 Å². The average Bonchev–Trinajstić information content (AvgIpc) is 2.94. The van der Waals surface area contributed by atoms with Gasteiger partial charge in [0.2, 0.25) is 0 Å². The van der Waals surface area contributed by atoms with Gasteiger partial charge in [0, 0.05) is 17.3 Å². The molecular formula is C15H15N3O2S. The van der Waals surface area contributed by atoms with Gasteiger partial charge >= 0.3 is 0 Å². The molecule has 0 fully saturated rings. The topological polar surface area (TPSA) is 88.0 Å². The zero-order chi connectivity index (χ0) is 15.0. The summed E-state index contributed by atoms with van der Waals surface area (Å²) in [5.41, 5.74) is 3.39. The standard InChI is InChI=1S/C15H15N3O2S/c1-10-2-5-15(21(19,20)18-16)13(8-10)12-4-3-11-6-7-17-14(11)9-12/h2-9,17-18H,16H2,1H3. The molecule has 0 atom stereocenters. The van der Waals surface area contributed by atoms with Crippen LogP contribution in [0.2, 0.25) is 0 Å². The molecule has 6 heteroatoms. The van der Waals surface area contributed by atoms with E-state index in [0.717, 1.165) is 22.0 Å². The molecule has 0 unspecified atom stereocenters. The van der Waals surface area contributed by atoms with Crippen LogP contribution in [0.4, 0.5) is 0 Å². The Kier molecular flexibility index (Phi) is 3.29. The number of fused-ring (bicyclic) bond motifs is 1. The van der Waals surface area contributed by atoms with Gasteiger partial charge in [0.15, 0.2) is 0 Å². The second kappa shape index (κ2) is 5.00. The first-order valence-corrected chi connectivity index (χ1v) is 7.90. The molecule has 5 nitrogen and oxygen atoms in total. The number of hydrogen-bond donors (Lipinski definition) is 3. The maximum Gasteiger partial charge on any atom is 0.253 e. The van der Waals surface area contributed by atoms with E-state index in [1.807, 2.05) is 48.3 Å². The Balaban J connectivity index is 2.27. The van der Waals surface area contributed by atoms with Gasteiger partial charge in [-0.25, -0.2) is 8.42 Å². The summed E-state index contributed by atoms with van der Waals surface area (Å²) in [5, 5.41) is 1.08. The van der Waals surface area contributed by atoms with Crippen molar-refractivity contribution >= 4 is 20.9 Å². The Labute approximate surface area is 122 Å². The smallest absolute Gasteiger partial charge is 0.253 e. The number of aryl methyl sites for hydroxylation is 1. The van der Waals surface area contributed by atoms with Gasteiger partial charge in [0.1, 0.15) is 0 Å². The van der Waals surface area contributed by atoms with E-state index in [1.54, 1.807) is 12.1 Å². The predicted molar refractivity (Wildman–Crippen MR) is 83.0 cm³/mol. The third-order valence-corrected chi connectivity index (χ3v) is 4.69. The van der Waals surface area contributed by atoms with E-state index >= 15 is 0 Å². The number of nitrogens with two attached hydrogens (primary N) is 1. The minimum Gasteiger partial charge on any atom is -0.361 e. The summed E-state index contributed by atoms with van der Waals surface area (Å²) in [5.74, 6) is 5.15. The number of nitrogens with one attached hydrogen (secondary N) is 2. The summed E-state index contributed by atoms with van der Waals surface area (Å²) in [6.45, 7) is 1.92. The van der Waals surface area contributed by atoms with Gasteiger partial charge in [-0.3, -0.25) is 5.84 Å². The van der Waals surface area contributed by atoms with Crippen molar-refractivity contribution in [2.75, 3.05) is 0 Å². The fourth-order valence-corrected chi connectivity index (χ4v) is 3.22. The van der Waals surface area contributed by atoms with Gasteiger partial charge < -0.3 is 4.98 Å². The van der Waals surface area contributed by atoms with Crippen molar-refractivity contribution in [2.24, 2.45) is 5.84 Å². The van der Waals surface area contributed by atoms with Crippen molar-refractivity contribution in [3.05, 3.63) is 54.2 Å². The van der Waals surface area contributed by atoms with Gasteiger partial charge in [-0.15, -0.1) is 0 Å². The van der Waals surface area contributed by atoms with Crippen LogP contribution in [0.1, 0.15) is 5.56 Å². The van der Waals surface area contributed by atoms with Gasteiger partial charge in [-0.2, -0.15) is 4.83 Å². The molecule has 108 valence electrons. The van der Waals surface area contributed by atoms with Crippen molar-refractivity contribution in [3.8, 4) is 11.1 Å². The maximum atomic E-state index is 12.1. The summed E-state index contributed by atoms with van der Waals surface area (Å²) < 4.78 is 24.2. The molecule has 1 heterocycles. The summed E-state index contributed by atoms with van der Waals surface area (Å²) >= 11 is 0. The molecule has 0 spiro atoms. The largest absolute Gasteiger partial charge is 0.361 e. The Morgan fingerprint density at radius 3 is 2.67 bits per heavy atom. The fraction of sp³-hybridized carbons (Fsp3) is 0.0667. The zero-order valence-electron chi connectivity index (χ0n) is 11.4. The lowest BCUT2D eigenvalue weighted by molar-refractivity contribution is 0.584. The normalized spacial score (nSPS) is 11.9. The monoisotopic (exact) mass is 301 g/mol. The quantitative estimate of drug-likeness (QED) is 0.512. The van der Waals surface area contributed by atoms with Gasteiger partial charge in [-0.1, -0.05) is 29.8 Å². The van der Waals surface area contributed by atoms with Crippen molar-refractivity contribution in [3.63, 3.8) is 0 Å². The van der Waals surface area contributed by atoms with E-state index in [0.29, 0.717) is 5.56 Å². The Bertz CT molecular complexity index is 914. The third-order valence-electron chi connectivity index (χ3n) is 3.45. The van der Waals surface area contributed by atoms with Crippen LogP contribution >= 0.6 is 0 Å². The van der Waals surface area contributed by atoms with Crippen LogP contribution in [-0.2, 0) is 10.0 Å². The number of hydrazine groups is 1. The van der Waals surface area contributed by atoms with E-state index in [4.69, 9.17) is 5.84 Å². The summed E-state index contributed by atoms with van der Waals surface area (Å²) in [7, 11) is -3.72. The first kappa shape index (κ1) is 13.8. The maximum absolute atomic E-state index is 12.1.